The number of nitrogens with zero attached hydrogens (tertiary/aromatic N) is 1. The molecule has 1 fully saturated rings. The number of nitrogens with one attached hydrogen (secondary N) is 1. The Kier molecular flexibility index (Phi) is 6.65. The summed E-state index contributed by atoms with van der Waals surface area (Å²) < 4.78 is 10.8. The quantitative estimate of drug-likeness (QED) is 0.725. The van der Waals surface area contributed by atoms with E-state index in [4.69, 9.17) is 9.15 Å². The zero-order chi connectivity index (χ0) is 19.1. The maximum absolute atomic E-state index is 12.7. The Labute approximate surface area is 159 Å². The van der Waals surface area contributed by atoms with E-state index in [1.807, 2.05) is 24.3 Å². The summed E-state index contributed by atoms with van der Waals surface area (Å²) >= 11 is 0. The highest BCUT2D eigenvalue weighted by molar-refractivity contribution is 5.95. The molecule has 144 valence electrons. The molecule has 2 aromatic rings. The van der Waals surface area contributed by atoms with Crippen molar-refractivity contribution in [1.29, 1.82) is 0 Å². The molecule has 0 saturated carbocycles. The van der Waals surface area contributed by atoms with E-state index in [2.05, 4.69) is 12.2 Å². The van der Waals surface area contributed by atoms with Gasteiger partial charge in [0.05, 0.1) is 12.9 Å². The smallest absolute Gasteiger partial charge is 0.290 e. The Morgan fingerprint density at radius 3 is 2.78 bits per heavy atom. The first-order valence-corrected chi connectivity index (χ1v) is 9.47. The summed E-state index contributed by atoms with van der Waals surface area (Å²) in [6, 6.07) is 10.8. The summed E-state index contributed by atoms with van der Waals surface area (Å²) in [4.78, 5) is 26.8. The van der Waals surface area contributed by atoms with Crippen LogP contribution < -0.4 is 5.32 Å². The number of hydrogen-bond donors (Lipinski definition) is 1. The van der Waals surface area contributed by atoms with Crippen molar-refractivity contribution in [1.82, 2.24) is 10.2 Å². The second kappa shape index (κ2) is 9.37. The van der Waals surface area contributed by atoms with Crippen LogP contribution in [-0.2, 0) is 22.7 Å². The molecule has 2 amide bonds. The molecule has 1 aromatic carbocycles. The Hall–Kier alpha value is -2.60. The highest BCUT2D eigenvalue weighted by atomic mass is 16.5. The summed E-state index contributed by atoms with van der Waals surface area (Å²) in [7, 11) is 0. The van der Waals surface area contributed by atoms with Crippen molar-refractivity contribution >= 4 is 11.8 Å². The average Bonchev–Trinajstić information content (AvgIpc) is 3.38. The molecule has 1 aliphatic rings. The molecule has 6 nitrogen and oxygen atoms in total. The minimum atomic E-state index is -0.453. The summed E-state index contributed by atoms with van der Waals surface area (Å²) in [5.74, 6) is -0.0872. The van der Waals surface area contributed by atoms with Gasteiger partial charge in [0, 0.05) is 19.7 Å². The van der Waals surface area contributed by atoms with Crippen molar-refractivity contribution in [3.8, 4) is 0 Å². The third kappa shape index (κ3) is 4.77. The van der Waals surface area contributed by atoms with E-state index in [0.717, 1.165) is 24.0 Å². The lowest BCUT2D eigenvalue weighted by Gasteiger charge is -2.23. The SMILES string of the molecule is CCCOCc1ccccc1CNC(=O)[C@@H]1CCCN1C(=O)c1ccco1. The van der Waals surface area contributed by atoms with Crippen LogP contribution in [0.3, 0.4) is 0 Å². The fourth-order valence-electron chi connectivity index (χ4n) is 3.32. The standard InChI is InChI=1S/C21H26N2O4/c1-2-12-26-15-17-8-4-3-7-16(17)14-22-20(24)18-9-5-11-23(18)21(25)19-10-6-13-27-19/h3-4,6-8,10,13,18H,2,5,9,11-12,14-15H2,1H3,(H,22,24)/t18-/m0/s1. The van der Waals surface area contributed by atoms with Gasteiger partial charge in [-0.05, 0) is 42.5 Å². The van der Waals surface area contributed by atoms with Crippen molar-refractivity contribution in [2.75, 3.05) is 13.2 Å². The molecule has 6 heteroatoms. The van der Waals surface area contributed by atoms with E-state index in [-0.39, 0.29) is 17.6 Å². The van der Waals surface area contributed by atoms with Gasteiger partial charge in [-0.15, -0.1) is 0 Å². The summed E-state index contributed by atoms with van der Waals surface area (Å²) in [6.45, 7) is 4.31. The molecule has 3 rings (SSSR count). The van der Waals surface area contributed by atoms with Gasteiger partial charge in [0.25, 0.3) is 5.91 Å². The monoisotopic (exact) mass is 370 g/mol. The molecule has 1 N–H and O–H groups in total. The minimum Gasteiger partial charge on any atom is -0.459 e. The van der Waals surface area contributed by atoms with Crippen LogP contribution in [0.25, 0.3) is 0 Å². The number of ether oxygens (including phenoxy) is 1. The fourth-order valence-corrected chi connectivity index (χ4v) is 3.32. The molecule has 1 atom stereocenters. The Morgan fingerprint density at radius 1 is 1.22 bits per heavy atom. The maximum atomic E-state index is 12.7. The van der Waals surface area contributed by atoms with E-state index in [0.29, 0.717) is 32.7 Å². The highest BCUT2D eigenvalue weighted by Crippen LogP contribution is 2.21. The number of benzene rings is 1. The van der Waals surface area contributed by atoms with Crippen LogP contribution in [0.1, 0.15) is 47.9 Å². The van der Waals surface area contributed by atoms with Crippen LogP contribution in [0.15, 0.2) is 47.1 Å². The van der Waals surface area contributed by atoms with Gasteiger partial charge < -0.3 is 19.4 Å². The predicted octanol–water partition coefficient (Wildman–Crippen LogP) is 3.13. The molecule has 1 aliphatic heterocycles. The second-order valence-corrected chi connectivity index (χ2v) is 6.67. The molecular formula is C21H26N2O4. The molecular weight excluding hydrogens is 344 g/mol. The first-order valence-electron chi connectivity index (χ1n) is 9.47. The van der Waals surface area contributed by atoms with Crippen LogP contribution in [-0.4, -0.2) is 35.9 Å². The molecule has 0 aliphatic carbocycles. The van der Waals surface area contributed by atoms with Gasteiger partial charge in [-0.25, -0.2) is 0 Å². The number of furan rings is 1. The molecule has 0 spiro atoms. The lowest BCUT2D eigenvalue weighted by atomic mass is 10.1. The van der Waals surface area contributed by atoms with Crippen molar-refractivity contribution in [2.45, 2.75) is 45.4 Å². The molecule has 1 aromatic heterocycles. The lowest BCUT2D eigenvalue weighted by Crippen LogP contribution is -2.45. The number of carbonyl (C=O) groups is 2. The van der Waals surface area contributed by atoms with Gasteiger partial charge in [-0.2, -0.15) is 0 Å². The average molecular weight is 370 g/mol. The van der Waals surface area contributed by atoms with Crippen LogP contribution in [0, 0.1) is 0 Å². The van der Waals surface area contributed by atoms with Gasteiger partial charge in [-0.1, -0.05) is 31.2 Å². The molecule has 0 bridgehead atoms. The van der Waals surface area contributed by atoms with Crippen molar-refractivity contribution < 1.29 is 18.7 Å². The second-order valence-electron chi connectivity index (χ2n) is 6.67. The largest absolute Gasteiger partial charge is 0.459 e. The first kappa shape index (κ1) is 19.2. The van der Waals surface area contributed by atoms with Crippen LogP contribution in [0.5, 0.6) is 0 Å². The predicted molar refractivity (Wildman–Crippen MR) is 101 cm³/mol. The number of rotatable bonds is 8. The van der Waals surface area contributed by atoms with Crippen LogP contribution >= 0.6 is 0 Å². The summed E-state index contributed by atoms with van der Waals surface area (Å²) in [5.41, 5.74) is 2.10. The molecule has 2 heterocycles. The van der Waals surface area contributed by atoms with E-state index in [1.54, 1.807) is 17.0 Å². The summed E-state index contributed by atoms with van der Waals surface area (Å²) in [6.07, 6.45) is 3.92. The van der Waals surface area contributed by atoms with Crippen LogP contribution in [0.4, 0.5) is 0 Å². The third-order valence-electron chi connectivity index (χ3n) is 4.73. The van der Waals surface area contributed by atoms with Gasteiger partial charge in [0.1, 0.15) is 6.04 Å². The highest BCUT2D eigenvalue weighted by Gasteiger charge is 2.35. The number of hydrogen-bond acceptors (Lipinski definition) is 4. The van der Waals surface area contributed by atoms with Gasteiger partial charge >= 0.3 is 0 Å². The topological polar surface area (TPSA) is 71.8 Å². The van der Waals surface area contributed by atoms with E-state index in [1.165, 1.54) is 6.26 Å². The minimum absolute atomic E-state index is 0.128. The summed E-state index contributed by atoms with van der Waals surface area (Å²) in [5, 5.41) is 2.98. The Morgan fingerprint density at radius 2 is 2.04 bits per heavy atom. The number of likely N-dealkylation sites (tertiary alicyclic amines) is 1. The maximum Gasteiger partial charge on any atom is 0.290 e. The van der Waals surface area contributed by atoms with E-state index >= 15 is 0 Å². The van der Waals surface area contributed by atoms with Crippen molar-refractivity contribution in [2.24, 2.45) is 0 Å². The van der Waals surface area contributed by atoms with Crippen molar-refractivity contribution in [3.05, 3.63) is 59.5 Å². The zero-order valence-electron chi connectivity index (χ0n) is 15.6. The van der Waals surface area contributed by atoms with Crippen molar-refractivity contribution in [3.63, 3.8) is 0 Å². The number of amides is 2. The van der Waals surface area contributed by atoms with Crippen LogP contribution in [0.2, 0.25) is 0 Å². The normalized spacial score (nSPS) is 16.5. The molecule has 1 saturated heterocycles. The first-order chi connectivity index (χ1) is 13.2. The van der Waals surface area contributed by atoms with E-state index < -0.39 is 6.04 Å². The third-order valence-corrected chi connectivity index (χ3v) is 4.73. The number of carbonyl (C=O) groups excluding carboxylic acids is 2. The van der Waals surface area contributed by atoms with Gasteiger partial charge in [0.2, 0.25) is 5.91 Å². The molecule has 0 unspecified atom stereocenters. The molecule has 27 heavy (non-hydrogen) atoms. The van der Waals surface area contributed by atoms with Gasteiger partial charge in [0.15, 0.2) is 5.76 Å². The Balaban J connectivity index is 1.60. The Bertz CT molecular complexity index is 757. The zero-order valence-corrected chi connectivity index (χ0v) is 15.6. The lowest BCUT2D eigenvalue weighted by molar-refractivity contribution is -0.125. The van der Waals surface area contributed by atoms with Gasteiger partial charge in [-0.3, -0.25) is 9.59 Å². The molecule has 0 radical (unpaired) electrons. The van der Waals surface area contributed by atoms with E-state index in [9.17, 15) is 9.59 Å². The fraction of sp³-hybridized carbons (Fsp3) is 0.429.